The number of carbonyl (C=O) groups is 1. The van der Waals surface area contributed by atoms with Gasteiger partial charge in [-0.15, -0.1) is 0 Å². The molecular formula is C14H21NO3. The van der Waals surface area contributed by atoms with Gasteiger partial charge >= 0.3 is 5.97 Å². The lowest BCUT2D eigenvalue weighted by molar-refractivity contribution is -0.140. The summed E-state index contributed by atoms with van der Waals surface area (Å²) in [5.74, 6) is 0.556. The molecule has 1 rings (SSSR count). The largest absolute Gasteiger partial charge is 0.494 e. The predicted octanol–water partition coefficient (Wildman–Crippen LogP) is 2.55. The first-order valence-corrected chi connectivity index (χ1v) is 6.25. The minimum atomic E-state index is -0.224. The van der Waals surface area contributed by atoms with E-state index in [4.69, 9.17) is 10.5 Å². The summed E-state index contributed by atoms with van der Waals surface area (Å²) in [7, 11) is 1.39. The van der Waals surface area contributed by atoms with Crippen molar-refractivity contribution in [2.75, 3.05) is 19.5 Å². The maximum absolute atomic E-state index is 11.1. The molecule has 0 aliphatic rings. The molecular weight excluding hydrogens is 230 g/mol. The molecule has 1 aromatic rings. The summed E-state index contributed by atoms with van der Waals surface area (Å²) in [4.78, 5) is 11.1. The van der Waals surface area contributed by atoms with Gasteiger partial charge in [0.15, 0.2) is 0 Å². The van der Waals surface area contributed by atoms with Gasteiger partial charge in [0, 0.05) is 18.2 Å². The number of methoxy groups -OCH3 is 1. The van der Waals surface area contributed by atoms with Crippen molar-refractivity contribution in [3.05, 3.63) is 23.8 Å². The molecule has 1 aromatic carbocycles. The molecule has 0 amide bonds. The Morgan fingerprint density at radius 1 is 1.39 bits per heavy atom. The van der Waals surface area contributed by atoms with Crippen LogP contribution in [0.1, 0.15) is 31.7 Å². The highest BCUT2D eigenvalue weighted by atomic mass is 16.5. The van der Waals surface area contributed by atoms with Crippen LogP contribution in [-0.4, -0.2) is 19.7 Å². The normalized spacial score (nSPS) is 10.1. The molecule has 18 heavy (non-hydrogen) atoms. The standard InChI is InChI=1S/C14H21NO3/c1-3-4-9-18-12-7-5-11(13(15)10-12)6-8-14(16)17-2/h5,7,10H,3-4,6,8-9,15H2,1-2H3. The van der Waals surface area contributed by atoms with E-state index in [1.54, 1.807) is 0 Å². The fraction of sp³-hybridized carbons (Fsp3) is 0.500. The maximum atomic E-state index is 11.1. The summed E-state index contributed by atoms with van der Waals surface area (Å²) in [6, 6.07) is 5.60. The summed E-state index contributed by atoms with van der Waals surface area (Å²) in [6.45, 7) is 2.82. The molecule has 4 heteroatoms. The number of benzene rings is 1. The Kier molecular flexibility index (Phi) is 6.05. The zero-order valence-corrected chi connectivity index (χ0v) is 11.1. The number of ether oxygens (including phenoxy) is 2. The second-order valence-corrected chi connectivity index (χ2v) is 4.14. The average molecular weight is 251 g/mol. The van der Waals surface area contributed by atoms with Crippen LogP contribution in [0.4, 0.5) is 5.69 Å². The summed E-state index contributed by atoms with van der Waals surface area (Å²) in [5.41, 5.74) is 7.53. The third-order valence-corrected chi connectivity index (χ3v) is 2.71. The van der Waals surface area contributed by atoms with Crippen molar-refractivity contribution in [3.8, 4) is 5.75 Å². The molecule has 0 saturated carbocycles. The summed E-state index contributed by atoms with van der Waals surface area (Å²) in [6.07, 6.45) is 3.07. The highest BCUT2D eigenvalue weighted by molar-refractivity contribution is 5.70. The molecule has 0 radical (unpaired) electrons. The number of anilines is 1. The number of nitrogen functional groups attached to an aromatic ring is 1. The van der Waals surface area contributed by atoms with Crippen molar-refractivity contribution < 1.29 is 14.3 Å². The first-order chi connectivity index (χ1) is 8.67. The van der Waals surface area contributed by atoms with Crippen molar-refractivity contribution in [2.24, 2.45) is 0 Å². The molecule has 0 aromatic heterocycles. The monoisotopic (exact) mass is 251 g/mol. The van der Waals surface area contributed by atoms with Crippen molar-refractivity contribution >= 4 is 11.7 Å². The molecule has 0 atom stereocenters. The number of aryl methyl sites for hydroxylation is 1. The summed E-state index contributed by atoms with van der Waals surface area (Å²) in [5, 5.41) is 0. The molecule has 0 saturated heterocycles. The molecule has 100 valence electrons. The van der Waals surface area contributed by atoms with Gasteiger partial charge in [0.2, 0.25) is 0 Å². The molecule has 4 nitrogen and oxygen atoms in total. The smallest absolute Gasteiger partial charge is 0.305 e. The van der Waals surface area contributed by atoms with E-state index in [1.165, 1.54) is 7.11 Å². The third-order valence-electron chi connectivity index (χ3n) is 2.71. The van der Waals surface area contributed by atoms with Crippen LogP contribution >= 0.6 is 0 Å². The lowest BCUT2D eigenvalue weighted by atomic mass is 10.1. The van der Waals surface area contributed by atoms with Gasteiger partial charge in [-0.25, -0.2) is 0 Å². The minimum Gasteiger partial charge on any atom is -0.494 e. The van der Waals surface area contributed by atoms with Crippen LogP contribution in [0.15, 0.2) is 18.2 Å². The SMILES string of the molecule is CCCCOc1ccc(CCC(=O)OC)c(N)c1. The first-order valence-electron chi connectivity index (χ1n) is 6.25. The van der Waals surface area contributed by atoms with Crippen molar-refractivity contribution in [1.29, 1.82) is 0 Å². The Labute approximate surface area is 108 Å². The zero-order valence-electron chi connectivity index (χ0n) is 11.1. The number of unbranched alkanes of at least 4 members (excludes halogenated alkanes) is 1. The average Bonchev–Trinajstić information content (AvgIpc) is 2.37. The van der Waals surface area contributed by atoms with Crippen molar-refractivity contribution in [3.63, 3.8) is 0 Å². The molecule has 0 fully saturated rings. The van der Waals surface area contributed by atoms with Crippen LogP contribution in [0, 0.1) is 0 Å². The third kappa shape index (κ3) is 4.65. The van der Waals surface area contributed by atoms with E-state index in [-0.39, 0.29) is 5.97 Å². The number of hydrogen-bond donors (Lipinski definition) is 1. The fourth-order valence-corrected chi connectivity index (χ4v) is 1.56. The van der Waals surface area contributed by atoms with Gasteiger partial charge in [-0.1, -0.05) is 19.4 Å². The maximum Gasteiger partial charge on any atom is 0.305 e. The second-order valence-electron chi connectivity index (χ2n) is 4.14. The van der Waals surface area contributed by atoms with Crippen LogP contribution in [0.3, 0.4) is 0 Å². The fourth-order valence-electron chi connectivity index (χ4n) is 1.56. The Hall–Kier alpha value is -1.71. The number of esters is 1. The number of rotatable bonds is 7. The molecule has 0 heterocycles. The lowest BCUT2D eigenvalue weighted by Crippen LogP contribution is -2.04. The second kappa shape index (κ2) is 7.58. The molecule has 0 unspecified atom stereocenters. The topological polar surface area (TPSA) is 61.5 Å². The summed E-state index contributed by atoms with van der Waals surface area (Å²) < 4.78 is 10.2. The molecule has 0 aliphatic heterocycles. The van der Waals surface area contributed by atoms with Gasteiger partial charge in [-0.05, 0) is 24.5 Å². The van der Waals surface area contributed by atoms with Crippen LogP contribution < -0.4 is 10.5 Å². The van der Waals surface area contributed by atoms with E-state index >= 15 is 0 Å². The van der Waals surface area contributed by atoms with Crippen LogP contribution in [-0.2, 0) is 16.0 Å². The van der Waals surface area contributed by atoms with E-state index < -0.39 is 0 Å². The molecule has 2 N–H and O–H groups in total. The predicted molar refractivity (Wildman–Crippen MR) is 71.6 cm³/mol. The Balaban J connectivity index is 2.53. The van der Waals surface area contributed by atoms with Crippen LogP contribution in [0.25, 0.3) is 0 Å². The highest BCUT2D eigenvalue weighted by Gasteiger charge is 2.05. The number of carbonyl (C=O) groups excluding carboxylic acids is 1. The van der Waals surface area contributed by atoms with Gasteiger partial charge < -0.3 is 15.2 Å². The van der Waals surface area contributed by atoms with Gasteiger partial charge in [0.25, 0.3) is 0 Å². The Bertz CT molecular complexity index is 391. The van der Waals surface area contributed by atoms with E-state index in [2.05, 4.69) is 11.7 Å². The quantitative estimate of drug-likeness (QED) is 0.459. The van der Waals surface area contributed by atoms with E-state index in [0.29, 0.717) is 25.1 Å². The van der Waals surface area contributed by atoms with Crippen molar-refractivity contribution in [2.45, 2.75) is 32.6 Å². The van der Waals surface area contributed by atoms with E-state index in [9.17, 15) is 4.79 Å². The first kappa shape index (κ1) is 14.4. The summed E-state index contributed by atoms with van der Waals surface area (Å²) >= 11 is 0. The number of hydrogen-bond acceptors (Lipinski definition) is 4. The van der Waals surface area contributed by atoms with Crippen LogP contribution in [0.5, 0.6) is 5.75 Å². The van der Waals surface area contributed by atoms with E-state index in [1.807, 2.05) is 18.2 Å². The number of nitrogens with two attached hydrogens (primary N) is 1. The molecule has 0 bridgehead atoms. The molecule has 0 aliphatic carbocycles. The Morgan fingerprint density at radius 2 is 2.17 bits per heavy atom. The van der Waals surface area contributed by atoms with E-state index in [0.717, 1.165) is 24.2 Å². The highest BCUT2D eigenvalue weighted by Crippen LogP contribution is 2.21. The zero-order chi connectivity index (χ0) is 13.4. The lowest BCUT2D eigenvalue weighted by Gasteiger charge is -2.09. The van der Waals surface area contributed by atoms with Gasteiger partial charge in [0.1, 0.15) is 5.75 Å². The van der Waals surface area contributed by atoms with Crippen LogP contribution in [0.2, 0.25) is 0 Å². The van der Waals surface area contributed by atoms with Gasteiger partial charge in [-0.2, -0.15) is 0 Å². The van der Waals surface area contributed by atoms with Gasteiger partial charge in [0.05, 0.1) is 13.7 Å². The van der Waals surface area contributed by atoms with Gasteiger partial charge in [-0.3, -0.25) is 4.79 Å². The molecule has 0 spiro atoms. The van der Waals surface area contributed by atoms with Crippen molar-refractivity contribution in [1.82, 2.24) is 0 Å². The Morgan fingerprint density at radius 3 is 2.78 bits per heavy atom. The minimum absolute atomic E-state index is 0.224.